The molecule has 0 spiro atoms. The normalized spacial score (nSPS) is 10.8. The number of nitrogens with one attached hydrogen (secondary N) is 1. The molecule has 0 aliphatic carbocycles. The van der Waals surface area contributed by atoms with Crippen LogP contribution in [0.4, 0.5) is 10.2 Å². The van der Waals surface area contributed by atoms with Gasteiger partial charge in [0.1, 0.15) is 30.0 Å². The molecule has 1 aromatic carbocycles. The van der Waals surface area contributed by atoms with Crippen LogP contribution >= 0.6 is 0 Å². The smallest absolute Gasteiger partial charge is 0.251 e. The lowest BCUT2D eigenvalue weighted by molar-refractivity contribution is -0.119. The van der Waals surface area contributed by atoms with Crippen molar-refractivity contribution in [1.29, 1.82) is 5.26 Å². The Hall–Kier alpha value is -3.57. The Morgan fingerprint density at radius 1 is 1.30 bits per heavy atom. The van der Waals surface area contributed by atoms with Crippen molar-refractivity contribution in [1.82, 2.24) is 14.8 Å². The molecule has 3 rings (SSSR count). The first kappa shape index (κ1) is 21.1. The third-order valence-electron chi connectivity index (χ3n) is 4.29. The predicted octanol–water partition coefficient (Wildman–Crippen LogP) is 3.86. The van der Waals surface area contributed by atoms with E-state index in [9.17, 15) is 14.4 Å². The number of hydrogen-bond acceptors (Lipinski definition) is 5. The van der Waals surface area contributed by atoms with Crippen molar-refractivity contribution in [2.45, 2.75) is 20.4 Å². The van der Waals surface area contributed by atoms with Crippen LogP contribution < -0.4 is 5.32 Å². The molecule has 0 aliphatic heterocycles. The Morgan fingerprint density at radius 2 is 2.10 bits per heavy atom. The molecular formula is C22H22FN5O2. The topological polar surface area (TPSA) is 92.8 Å². The van der Waals surface area contributed by atoms with Crippen LogP contribution in [0.15, 0.2) is 42.7 Å². The largest absolute Gasteiger partial charge is 0.375 e. The molecule has 0 fully saturated rings. The maximum absolute atomic E-state index is 13.8. The summed E-state index contributed by atoms with van der Waals surface area (Å²) < 4.78 is 20.5. The SMILES string of the molecule is COCC(=O)Nc1cc(-c2cn(CC(C)C)nc2-c2ccc(F)c(C#N)c2)ccn1. The van der Waals surface area contributed by atoms with Gasteiger partial charge >= 0.3 is 0 Å². The predicted molar refractivity (Wildman–Crippen MR) is 111 cm³/mol. The third-order valence-corrected chi connectivity index (χ3v) is 4.29. The molecule has 1 N–H and O–H groups in total. The van der Waals surface area contributed by atoms with Crippen LogP contribution in [0.1, 0.15) is 19.4 Å². The molecule has 30 heavy (non-hydrogen) atoms. The molecule has 154 valence electrons. The molecule has 1 amide bonds. The van der Waals surface area contributed by atoms with E-state index in [-0.39, 0.29) is 18.1 Å². The van der Waals surface area contributed by atoms with Crippen LogP contribution in [0.25, 0.3) is 22.4 Å². The van der Waals surface area contributed by atoms with Crippen molar-refractivity contribution in [3.63, 3.8) is 0 Å². The summed E-state index contributed by atoms with van der Waals surface area (Å²) in [6.07, 6.45) is 3.49. The standard InChI is InChI=1S/C22H22FN5O2/c1-14(2)11-28-12-18(15-6-7-25-20(9-15)26-21(29)13-30-3)22(27-28)16-4-5-19(23)17(8-16)10-24/h4-9,12,14H,11,13H2,1-3H3,(H,25,26,29). The van der Waals surface area contributed by atoms with Gasteiger partial charge in [-0.15, -0.1) is 0 Å². The number of nitrogens with zero attached hydrogens (tertiary/aromatic N) is 4. The number of methoxy groups -OCH3 is 1. The molecule has 7 nitrogen and oxygen atoms in total. The second-order valence-electron chi connectivity index (χ2n) is 7.22. The first-order valence-corrected chi connectivity index (χ1v) is 9.44. The molecule has 0 aliphatic rings. The number of carbonyl (C=O) groups excluding carboxylic acids is 1. The van der Waals surface area contributed by atoms with E-state index in [4.69, 9.17) is 4.74 Å². The number of nitriles is 1. The van der Waals surface area contributed by atoms with Gasteiger partial charge in [0, 0.05) is 37.2 Å². The maximum atomic E-state index is 13.8. The molecule has 0 atom stereocenters. The summed E-state index contributed by atoms with van der Waals surface area (Å²) in [6.45, 7) is 4.79. The zero-order valence-corrected chi connectivity index (χ0v) is 17.0. The first-order valence-electron chi connectivity index (χ1n) is 9.44. The van der Waals surface area contributed by atoms with E-state index in [1.165, 1.54) is 19.2 Å². The Kier molecular flexibility index (Phi) is 6.54. The minimum Gasteiger partial charge on any atom is -0.375 e. The van der Waals surface area contributed by atoms with E-state index < -0.39 is 5.82 Å². The molecule has 0 unspecified atom stereocenters. The highest BCUT2D eigenvalue weighted by molar-refractivity contribution is 5.92. The van der Waals surface area contributed by atoms with Crippen LogP contribution in [0, 0.1) is 23.1 Å². The van der Waals surface area contributed by atoms with Crippen LogP contribution in [-0.2, 0) is 16.1 Å². The van der Waals surface area contributed by atoms with Crippen molar-refractivity contribution in [3.05, 3.63) is 54.1 Å². The van der Waals surface area contributed by atoms with Gasteiger partial charge in [-0.3, -0.25) is 9.48 Å². The van der Waals surface area contributed by atoms with Gasteiger partial charge in [-0.1, -0.05) is 13.8 Å². The van der Waals surface area contributed by atoms with Crippen molar-refractivity contribution >= 4 is 11.7 Å². The van der Waals surface area contributed by atoms with E-state index in [1.807, 2.05) is 16.9 Å². The number of aromatic nitrogens is 3. The molecule has 0 saturated carbocycles. The van der Waals surface area contributed by atoms with E-state index in [1.54, 1.807) is 24.4 Å². The summed E-state index contributed by atoms with van der Waals surface area (Å²) in [5.74, 6) is -0.129. The summed E-state index contributed by atoms with van der Waals surface area (Å²) >= 11 is 0. The molecule has 0 bridgehead atoms. The van der Waals surface area contributed by atoms with Gasteiger partial charge < -0.3 is 10.1 Å². The molecule has 8 heteroatoms. The highest BCUT2D eigenvalue weighted by atomic mass is 19.1. The molecule has 3 aromatic rings. The van der Waals surface area contributed by atoms with Gasteiger partial charge in [0.2, 0.25) is 0 Å². The van der Waals surface area contributed by atoms with E-state index >= 15 is 0 Å². The Morgan fingerprint density at radius 3 is 2.80 bits per heavy atom. The van der Waals surface area contributed by atoms with Gasteiger partial charge in [0.15, 0.2) is 0 Å². The van der Waals surface area contributed by atoms with Gasteiger partial charge in [-0.25, -0.2) is 9.37 Å². The van der Waals surface area contributed by atoms with Crippen molar-refractivity contribution in [3.8, 4) is 28.5 Å². The molecule has 2 aromatic heterocycles. The van der Waals surface area contributed by atoms with Crippen LogP contribution in [0.2, 0.25) is 0 Å². The van der Waals surface area contributed by atoms with Crippen LogP contribution in [0.3, 0.4) is 0 Å². The lowest BCUT2D eigenvalue weighted by Crippen LogP contribution is -2.17. The lowest BCUT2D eigenvalue weighted by Gasteiger charge is -2.07. The van der Waals surface area contributed by atoms with E-state index in [0.29, 0.717) is 29.5 Å². The van der Waals surface area contributed by atoms with Crippen molar-refractivity contribution < 1.29 is 13.9 Å². The summed E-state index contributed by atoms with van der Waals surface area (Å²) in [4.78, 5) is 16.0. The number of anilines is 1. The number of carbonyl (C=O) groups is 1. The highest BCUT2D eigenvalue weighted by Crippen LogP contribution is 2.33. The lowest BCUT2D eigenvalue weighted by atomic mass is 10.0. The second kappa shape index (κ2) is 9.29. The molecule has 0 radical (unpaired) electrons. The average Bonchev–Trinajstić information content (AvgIpc) is 3.12. The number of rotatable bonds is 7. The Bertz CT molecular complexity index is 1100. The monoisotopic (exact) mass is 407 g/mol. The van der Waals surface area contributed by atoms with Crippen LogP contribution in [-0.4, -0.2) is 34.4 Å². The summed E-state index contributed by atoms with van der Waals surface area (Å²) in [6, 6.07) is 9.77. The fourth-order valence-electron chi connectivity index (χ4n) is 3.05. The molecule has 0 saturated heterocycles. The summed E-state index contributed by atoms with van der Waals surface area (Å²) in [7, 11) is 1.44. The average molecular weight is 407 g/mol. The third kappa shape index (κ3) is 4.88. The van der Waals surface area contributed by atoms with Gasteiger partial charge in [0.25, 0.3) is 5.91 Å². The quantitative estimate of drug-likeness (QED) is 0.642. The highest BCUT2D eigenvalue weighted by Gasteiger charge is 2.16. The molecule has 2 heterocycles. The zero-order chi connectivity index (χ0) is 21.7. The fraction of sp³-hybridized carbons (Fsp3) is 0.273. The summed E-state index contributed by atoms with van der Waals surface area (Å²) in [5.41, 5.74) is 2.78. The fourth-order valence-corrected chi connectivity index (χ4v) is 3.05. The van der Waals surface area contributed by atoms with Gasteiger partial charge in [-0.2, -0.15) is 10.4 Å². The van der Waals surface area contributed by atoms with E-state index in [2.05, 4.69) is 29.2 Å². The summed E-state index contributed by atoms with van der Waals surface area (Å²) in [5, 5.41) is 16.6. The molecular weight excluding hydrogens is 385 g/mol. The van der Waals surface area contributed by atoms with Crippen LogP contribution in [0.5, 0.6) is 0 Å². The minimum absolute atomic E-state index is 0.0425. The zero-order valence-electron chi connectivity index (χ0n) is 17.0. The van der Waals surface area contributed by atoms with Gasteiger partial charge in [0.05, 0.1) is 5.56 Å². The number of amides is 1. The first-order chi connectivity index (χ1) is 14.4. The second-order valence-corrected chi connectivity index (χ2v) is 7.22. The van der Waals surface area contributed by atoms with E-state index in [0.717, 1.165) is 11.1 Å². The number of benzene rings is 1. The van der Waals surface area contributed by atoms with Crippen molar-refractivity contribution in [2.75, 3.05) is 19.0 Å². The number of ether oxygens (including phenoxy) is 1. The van der Waals surface area contributed by atoms with Crippen molar-refractivity contribution in [2.24, 2.45) is 5.92 Å². The van der Waals surface area contributed by atoms with Gasteiger partial charge in [-0.05, 0) is 41.8 Å². The maximum Gasteiger partial charge on any atom is 0.251 e. The number of hydrogen-bond donors (Lipinski definition) is 1. The Balaban J connectivity index is 2.07. The number of halogens is 1. The number of pyridine rings is 1. The Labute approximate surface area is 174 Å². The minimum atomic E-state index is -0.573.